The number of esters is 1. The van der Waals surface area contributed by atoms with E-state index < -0.39 is 6.17 Å². The molecule has 2 aromatic rings. The third-order valence-electron chi connectivity index (χ3n) is 6.08. The largest absolute Gasteiger partial charge is 0.462 e. The van der Waals surface area contributed by atoms with Gasteiger partial charge in [0.15, 0.2) is 0 Å². The highest BCUT2D eigenvalue weighted by Gasteiger charge is 2.42. The van der Waals surface area contributed by atoms with Crippen molar-refractivity contribution >= 4 is 16.9 Å². The lowest BCUT2D eigenvalue weighted by Crippen LogP contribution is -2.51. The fraction of sp³-hybridized carbons (Fsp3) is 0.571. The smallest absolute Gasteiger partial charge is 0.310 e. The molecule has 0 saturated carbocycles. The Kier molecular flexibility index (Phi) is 4.51. The Morgan fingerprint density at radius 2 is 2.23 bits per heavy atom. The van der Waals surface area contributed by atoms with E-state index in [0.29, 0.717) is 18.5 Å². The zero-order valence-corrected chi connectivity index (χ0v) is 15.7. The van der Waals surface area contributed by atoms with Crippen LogP contribution in [-0.2, 0) is 23.0 Å². The summed E-state index contributed by atoms with van der Waals surface area (Å²) in [5.74, 6) is -0.115. The normalized spacial score (nSPS) is 26.5. The Morgan fingerprint density at radius 1 is 1.42 bits per heavy atom. The molecule has 0 radical (unpaired) electrons. The molecule has 5 heteroatoms. The molecule has 1 saturated heterocycles. The van der Waals surface area contributed by atoms with Crippen LogP contribution in [0.1, 0.15) is 37.3 Å². The molecule has 1 aliphatic heterocycles. The van der Waals surface area contributed by atoms with Crippen molar-refractivity contribution in [1.82, 2.24) is 9.47 Å². The average molecular weight is 358 g/mol. The van der Waals surface area contributed by atoms with Crippen LogP contribution in [0.15, 0.2) is 24.4 Å². The van der Waals surface area contributed by atoms with Crippen LogP contribution in [0, 0.1) is 5.92 Å². The van der Waals surface area contributed by atoms with Crippen molar-refractivity contribution in [3.8, 4) is 0 Å². The number of likely N-dealkylation sites (N-methyl/N-ethyl adjacent to an activating group) is 1. The zero-order valence-electron chi connectivity index (χ0n) is 15.7. The number of likely N-dealkylation sites (tertiary alicyclic amines) is 1. The molecule has 4 nitrogen and oxygen atoms in total. The number of piperidine rings is 1. The Balaban J connectivity index is 1.67. The Hall–Kier alpha value is -1.88. The van der Waals surface area contributed by atoms with Crippen molar-refractivity contribution in [2.24, 2.45) is 13.0 Å². The molecule has 1 aromatic heterocycles. The quantitative estimate of drug-likeness (QED) is 0.786. The van der Waals surface area contributed by atoms with Gasteiger partial charge in [-0.05, 0) is 43.5 Å². The number of alkyl halides is 1. The first-order valence-corrected chi connectivity index (χ1v) is 9.61. The molecule has 1 unspecified atom stereocenters. The summed E-state index contributed by atoms with van der Waals surface area (Å²) in [5.41, 5.74) is 4.02. The Labute approximate surface area is 153 Å². The lowest BCUT2D eigenvalue weighted by molar-refractivity contribution is -0.153. The van der Waals surface area contributed by atoms with Gasteiger partial charge in [-0.1, -0.05) is 19.1 Å². The van der Waals surface area contributed by atoms with Gasteiger partial charge in [-0.15, -0.1) is 0 Å². The number of nitrogens with zero attached hydrogens (tertiary/aromatic N) is 2. The third kappa shape index (κ3) is 2.82. The summed E-state index contributed by atoms with van der Waals surface area (Å²) >= 11 is 0. The van der Waals surface area contributed by atoms with Gasteiger partial charge in [-0.25, -0.2) is 4.39 Å². The molecule has 0 bridgehead atoms. The summed E-state index contributed by atoms with van der Waals surface area (Å²) in [6.45, 7) is 5.03. The molecule has 4 atom stereocenters. The maximum Gasteiger partial charge on any atom is 0.310 e. The molecule has 0 spiro atoms. The number of hydrogen-bond donors (Lipinski definition) is 0. The molecule has 1 fully saturated rings. The number of carbonyl (C=O) groups is 1. The maximum absolute atomic E-state index is 13.1. The summed E-state index contributed by atoms with van der Waals surface area (Å²) in [6.07, 6.45) is 2.94. The molecule has 1 aromatic carbocycles. The topological polar surface area (TPSA) is 34.5 Å². The number of rotatable bonds is 4. The van der Waals surface area contributed by atoms with E-state index in [4.69, 9.17) is 4.74 Å². The second-order valence-electron chi connectivity index (χ2n) is 7.82. The van der Waals surface area contributed by atoms with Crippen molar-refractivity contribution in [1.29, 1.82) is 0 Å². The number of hydrogen-bond acceptors (Lipinski definition) is 3. The number of fused-ring (bicyclic) bond motifs is 2. The predicted molar refractivity (Wildman–Crippen MR) is 100 cm³/mol. The molecule has 0 amide bonds. The van der Waals surface area contributed by atoms with Gasteiger partial charge in [0.25, 0.3) is 0 Å². The van der Waals surface area contributed by atoms with Gasteiger partial charge in [0, 0.05) is 42.7 Å². The lowest BCUT2D eigenvalue weighted by atomic mass is 9.72. The van der Waals surface area contributed by atoms with Gasteiger partial charge in [-0.3, -0.25) is 9.69 Å². The SMILES string of the molecule is CCN1C[C@H](C(=O)OCC(C)F)C[C@@H]2c3cccc4c3c(cn4C)C[C@H]21. The first-order chi connectivity index (χ1) is 12.5. The fourth-order valence-electron chi connectivity index (χ4n) is 4.92. The Morgan fingerprint density at radius 3 is 2.96 bits per heavy atom. The first kappa shape index (κ1) is 17.5. The van der Waals surface area contributed by atoms with E-state index >= 15 is 0 Å². The van der Waals surface area contributed by atoms with Crippen LogP contribution in [0.3, 0.4) is 0 Å². The molecule has 2 heterocycles. The minimum absolute atomic E-state index is 0.145. The van der Waals surface area contributed by atoms with Crippen LogP contribution in [0.2, 0.25) is 0 Å². The lowest BCUT2D eigenvalue weighted by Gasteiger charge is -2.46. The van der Waals surface area contributed by atoms with Gasteiger partial charge in [0.05, 0.1) is 5.92 Å². The van der Waals surface area contributed by atoms with Crippen LogP contribution < -0.4 is 0 Å². The molecule has 1 aliphatic carbocycles. The zero-order chi connectivity index (χ0) is 18.4. The number of carbonyl (C=O) groups excluding carboxylic acids is 1. The minimum atomic E-state index is -1.12. The van der Waals surface area contributed by atoms with Crippen molar-refractivity contribution < 1.29 is 13.9 Å². The van der Waals surface area contributed by atoms with Gasteiger partial charge < -0.3 is 9.30 Å². The van der Waals surface area contributed by atoms with Gasteiger partial charge in [-0.2, -0.15) is 0 Å². The summed E-state index contributed by atoms with van der Waals surface area (Å²) in [7, 11) is 2.10. The second-order valence-corrected chi connectivity index (χ2v) is 7.82. The molecular weight excluding hydrogens is 331 g/mol. The van der Waals surface area contributed by atoms with Gasteiger partial charge in [0.2, 0.25) is 0 Å². The average Bonchev–Trinajstić information content (AvgIpc) is 2.96. The van der Waals surface area contributed by atoms with Crippen molar-refractivity contribution in [3.05, 3.63) is 35.5 Å². The van der Waals surface area contributed by atoms with E-state index in [1.54, 1.807) is 0 Å². The fourth-order valence-corrected chi connectivity index (χ4v) is 4.92. The third-order valence-corrected chi connectivity index (χ3v) is 6.08. The predicted octanol–water partition coefficient (Wildman–Crippen LogP) is 3.43. The molecule has 140 valence electrons. The number of benzene rings is 1. The van der Waals surface area contributed by atoms with Crippen LogP contribution in [0.25, 0.3) is 10.9 Å². The van der Waals surface area contributed by atoms with E-state index in [2.05, 4.69) is 47.8 Å². The highest BCUT2D eigenvalue weighted by molar-refractivity contribution is 5.89. The van der Waals surface area contributed by atoms with E-state index in [9.17, 15) is 9.18 Å². The molecule has 4 rings (SSSR count). The highest BCUT2D eigenvalue weighted by atomic mass is 19.1. The first-order valence-electron chi connectivity index (χ1n) is 9.61. The molecule has 0 N–H and O–H groups in total. The summed E-state index contributed by atoms with van der Waals surface area (Å²) in [5, 5.41) is 1.36. The van der Waals surface area contributed by atoms with Crippen molar-refractivity contribution in [3.63, 3.8) is 0 Å². The molecule has 26 heavy (non-hydrogen) atoms. The number of halogens is 1. The Bertz CT molecular complexity index is 829. The van der Waals surface area contributed by atoms with E-state index in [1.165, 1.54) is 29.0 Å². The van der Waals surface area contributed by atoms with Crippen molar-refractivity contribution in [2.45, 2.75) is 44.8 Å². The molecule has 2 aliphatic rings. The van der Waals surface area contributed by atoms with Crippen molar-refractivity contribution in [2.75, 3.05) is 19.7 Å². The number of ether oxygens (including phenoxy) is 1. The van der Waals surface area contributed by atoms with Crippen LogP contribution in [0.4, 0.5) is 4.39 Å². The molecular formula is C21H27FN2O2. The monoisotopic (exact) mass is 358 g/mol. The highest BCUT2D eigenvalue weighted by Crippen LogP contribution is 2.45. The minimum Gasteiger partial charge on any atom is -0.462 e. The van der Waals surface area contributed by atoms with Gasteiger partial charge in [0.1, 0.15) is 12.8 Å². The summed E-state index contributed by atoms with van der Waals surface area (Å²) in [6, 6.07) is 6.92. The standard InChI is InChI=1S/C21H27FN2O2/c1-4-24-11-15(21(25)26-12-13(2)22)8-17-16-6-5-7-18-20(16)14(9-19(17)24)10-23(18)3/h5-7,10,13,15,17,19H,4,8-9,11-12H2,1-3H3/t13?,15-,17-,19-/m1/s1. The maximum atomic E-state index is 13.1. The number of aromatic nitrogens is 1. The number of aryl methyl sites for hydroxylation is 1. The van der Waals surface area contributed by atoms with E-state index in [1.807, 2.05) is 0 Å². The van der Waals surface area contributed by atoms with Crippen LogP contribution in [0.5, 0.6) is 0 Å². The van der Waals surface area contributed by atoms with Gasteiger partial charge >= 0.3 is 5.97 Å². The van der Waals surface area contributed by atoms with E-state index in [0.717, 1.165) is 19.4 Å². The van der Waals surface area contributed by atoms with Crippen LogP contribution in [-0.4, -0.2) is 47.3 Å². The second kappa shape index (κ2) is 6.69. The van der Waals surface area contributed by atoms with Crippen LogP contribution >= 0.6 is 0 Å². The summed E-state index contributed by atoms with van der Waals surface area (Å²) in [4.78, 5) is 14.9. The van der Waals surface area contributed by atoms with E-state index in [-0.39, 0.29) is 18.5 Å². The summed E-state index contributed by atoms with van der Waals surface area (Å²) < 4.78 is 20.5.